The summed E-state index contributed by atoms with van der Waals surface area (Å²) in [6.07, 6.45) is 10.9. The molecule has 1 atom stereocenters. The summed E-state index contributed by atoms with van der Waals surface area (Å²) in [7, 11) is 0. The van der Waals surface area contributed by atoms with Gasteiger partial charge in [-0.1, -0.05) is 11.6 Å². The van der Waals surface area contributed by atoms with Crippen molar-refractivity contribution in [3.8, 4) is 11.4 Å². The summed E-state index contributed by atoms with van der Waals surface area (Å²) in [4.78, 5) is 6.56. The second kappa shape index (κ2) is 7.73. The molecule has 1 unspecified atom stereocenters. The van der Waals surface area contributed by atoms with E-state index in [-0.39, 0.29) is 5.60 Å². The monoisotopic (exact) mass is 428 g/mol. The van der Waals surface area contributed by atoms with Crippen molar-refractivity contribution in [1.29, 1.82) is 0 Å². The number of hydrogen-bond donors (Lipinski definition) is 1. The third kappa shape index (κ3) is 3.56. The van der Waals surface area contributed by atoms with Crippen molar-refractivity contribution in [2.45, 2.75) is 52.6 Å². The third-order valence-corrected chi connectivity index (χ3v) is 7.26. The van der Waals surface area contributed by atoms with Gasteiger partial charge in [0, 0.05) is 61.0 Å². The van der Waals surface area contributed by atoms with Crippen molar-refractivity contribution < 1.29 is 4.74 Å². The lowest BCUT2D eigenvalue weighted by Crippen LogP contribution is -2.34. The van der Waals surface area contributed by atoms with Gasteiger partial charge in [-0.15, -0.1) is 0 Å². The Labute approximate surface area is 190 Å². The van der Waals surface area contributed by atoms with Crippen molar-refractivity contribution in [2.24, 2.45) is 0 Å². The predicted molar refractivity (Wildman–Crippen MR) is 131 cm³/mol. The average molecular weight is 429 g/mol. The van der Waals surface area contributed by atoms with E-state index in [1.165, 1.54) is 28.0 Å². The van der Waals surface area contributed by atoms with E-state index < -0.39 is 0 Å². The van der Waals surface area contributed by atoms with Gasteiger partial charge < -0.3 is 19.9 Å². The van der Waals surface area contributed by atoms with Crippen LogP contribution >= 0.6 is 0 Å². The molecule has 32 heavy (non-hydrogen) atoms. The van der Waals surface area contributed by atoms with Gasteiger partial charge in [0.05, 0.1) is 6.33 Å². The number of aromatic nitrogens is 2. The fraction of sp³-hybridized carbons (Fsp3) is 0.370. The number of hydrogen-bond acceptors (Lipinski definition) is 4. The lowest BCUT2D eigenvalue weighted by Gasteiger charge is -2.32. The van der Waals surface area contributed by atoms with Crippen LogP contribution < -0.4 is 15.4 Å². The van der Waals surface area contributed by atoms with E-state index in [0.717, 1.165) is 55.0 Å². The summed E-state index contributed by atoms with van der Waals surface area (Å²) in [5, 5.41) is 0. The van der Waals surface area contributed by atoms with Gasteiger partial charge in [0.2, 0.25) is 0 Å². The van der Waals surface area contributed by atoms with E-state index in [2.05, 4.69) is 67.9 Å². The van der Waals surface area contributed by atoms with Crippen molar-refractivity contribution in [3.63, 3.8) is 0 Å². The smallest absolute Gasteiger partial charge is 0.127 e. The minimum Gasteiger partial charge on any atom is -0.486 e. The number of fused-ring (bicyclic) bond motifs is 1. The molecule has 0 radical (unpaired) electrons. The number of nitrogens with zero attached hydrogens (tertiary/aromatic N) is 3. The first kappa shape index (κ1) is 20.7. The van der Waals surface area contributed by atoms with Gasteiger partial charge in [-0.05, 0) is 75.1 Å². The SMILES string of the molecule is Cc1c(C)c2c(c(C)c1N)CC(C)(CC1=CCN(c3ccc(-n4ccnc4)cc3)CC1)O2. The van der Waals surface area contributed by atoms with Crippen LogP contribution in [-0.2, 0) is 6.42 Å². The Kier molecular flexibility index (Phi) is 5.00. The fourth-order valence-electron chi connectivity index (χ4n) is 5.15. The molecule has 5 heteroatoms. The lowest BCUT2D eigenvalue weighted by molar-refractivity contribution is 0.114. The maximum Gasteiger partial charge on any atom is 0.127 e. The Balaban J connectivity index is 1.27. The molecule has 0 saturated heterocycles. The van der Waals surface area contributed by atoms with Gasteiger partial charge in [-0.25, -0.2) is 4.98 Å². The number of nitrogen functional groups attached to an aromatic ring is 1. The van der Waals surface area contributed by atoms with E-state index in [1.807, 2.05) is 17.1 Å². The van der Waals surface area contributed by atoms with Crippen LogP contribution in [0, 0.1) is 20.8 Å². The van der Waals surface area contributed by atoms with Crippen LogP contribution in [0.1, 0.15) is 42.0 Å². The Morgan fingerprint density at radius 1 is 1.06 bits per heavy atom. The zero-order valence-electron chi connectivity index (χ0n) is 19.5. The third-order valence-electron chi connectivity index (χ3n) is 7.26. The molecular formula is C27H32N4O. The summed E-state index contributed by atoms with van der Waals surface area (Å²) in [6, 6.07) is 8.70. The summed E-state index contributed by atoms with van der Waals surface area (Å²) >= 11 is 0. The number of ether oxygens (including phenoxy) is 1. The highest BCUT2D eigenvalue weighted by molar-refractivity contribution is 5.66. The van der Waals surface area contributed by atoms with Gasteiger partial charge in [0.25, 0.3) is 0 Å². The number of anilines is 2. The normalized spacial score (nSPS) is 20.1. The molecule has 0 aliphatic carbocycles. The van der Waals surface area contributed by atoms with Crippen molar-refractivity contribution in [3.05, 3.63) is 76.9 Å². The van der Waals surface area contributed by atoms with E-state index in [0.29, 0.717) is 0 Å². The highest BCUT2D eigenvalue weighted by atomic mass is 16.5. The molecule has 5 rings (SSSR count). The van der Waals surface area contributed by atoms with Gasteiger partial charge in [-0.3, -0.25) is 0 Å². The first-order valence-corrected chi connectivity index (χ1v) is 11.4. The first-order valence-electron chi connectivity index (χ1n) is 11.4. The van der Waals surface area contributed by atoms with Gasteiger partial charge >= 0.3 is 0 Å². The maximum atomic E-state index is 6.59. The minimum atomic E-state index is -0.196. The molecule has 0 saturated carbocycles. The summed E-state index contributed by atoms with van der Waals surface area (Å²) in [5.41, 5.74) is 15.8. The second-order valence-electron chi connectivity index (χ2n) is 9.55. The van der Waals surface area contributed by atoms with Crippen molar-refractivity contribution >= 4 is 11.4 Å². The molecule has 2 aliphatic heterocycles. The van der Waals surface area contributed by atoms with E-state index in [1.54, 1.807) is 6.20 Å². The zero-order chi connectivity index (χ0) is 22.5. The lowest BCUT2D eigenvalue weighted by atomic mass is 9.87. The van der Waals surface area contributed by atoms with Gasteiger partial charge in [0.1, 0.15) is 11.4 Å². The molecule has 3 aromatic rings. The quantitative estimate of drug-likeness (QED) is 0.453. The standard InChI is InChI=1S/C27H32N4O/c1-18-19(2)26-24(20(3)25(18)28)16-27(4,32-26)15-21-9-12-30(13-10-21)22-5-7-23(8-6-22)31-14-11-29-17-31/h5-9,11,14,17H,10,12-13,15-16,28H2,1-4H3. The molecule has 5 nitrogen and oxygen atoms in total. The number of imidazole rings is 1. The largest absolute Gasteiger partial charge is 0.486 e. The molecule has 0 bridgehead atoms. The van der Waals surface area contributed by atoms with Crippen LogP contribution in [0.4, 0.5) is 11.4 Å². The molecular weight excluding hydrogens is 396 g/mol. The van der Waals surface area contributed by atoms with Crippen molar-refractivity contribution in [2.75, 3.05) is 23.7 Å². The molecule has 3 heterocycles. The average Bonchev–Trinajstić information content (AvgIpc) is 3.45. The zero-order valence-corrected chi connectivity index (χ0v) is 19.5. The minimum absolute atomic E-state index is 0.196. The van der Waals surface area contributed by atoms with E-state index in [4.69, 9.17) is 10.5 Å². The molecule has 0 spiro atoms. The van der Waals surface area contributed by atoms with Crippen molar-refractivity contribution in [1.82, 2.24) is 9.55 Å². The molecule has 0 fully saturated rings. The van der Waals surface area contributed by atoms with E-state index >= 15 is 0 Å². The molecule has 166 valence electrons. The van der Waals surface area contributed by atoms with Crippen LogP contribution in [0.15, 0.2) is 54.6 Å². The van der Waals surface area contributed by atoms with E-state index in [9.17, 15) is 0 Å². The maximum absolute atomic E-state index is 6.59. The Morgan fingerprint density at radius 2 is 1.81 bits per heavy atom. The fourth-order valence-corrected chi connectivity index (χ4v) is 5.15. The summed E-state index contributed by atoms with van der Waals surface area (Å²) in [6.45, 7) is 10.6. The molecule has 2 aliphatic rings. The van der Waals surface area contributed by atoms with Crippen LogP contribution in [0.25, 0.3) is 5.69 Å². The van der Waals surface area contributed by atoms with Crippen LogP contribution in [-0.4, -0.2) is 28.2 Å². The first-order chi connectivity index (χ1) is 15.3. The van der Waals surface area contributed by atoms with Crippen LogP contribution in [0.3, 0.4) is 0 Å². The highest BCUT2D eigenvalue weighted by Gasteiger charge is 2.38. The molecule has 2 aromatic carbocycles. The molecule has 0 amide bonds. The van der Waals surface area contributed by atoms with Gasteiger partial charge in [-0.2, -0.15) is 0 Å². The Bertz CT molecular complexity index is 1140. The Morgan fingerprint density at radius 3 is 2.47 bits per heavy atom. The Hall–Kier alpha value is -3.21. The number of benzene rings is 2. The second-order valence-corrected chi connectivity index (χ2v) is 9.55. The topological polar surface area (TPSA) is 56.3 Å². The number of rotatable bonds is 4. The predicted octanol–water partition coefficient (Wildman–Crippen LogP) is 5.30. The molecule has 1 aromatic heterocycles. The summed E-state index contributed by atoms with van der Waals surface area (Å²) < 4.78 is 8.61. The summed E-state index contributed by atoms with van der Waals surface area (Å²) in [5.74, 6) is 1.06. The molecule has 2 N–H and O–H groups in total. The number of nitrogens with two attached hydrogens (primary N) is 1. The van der Waals surface area contributed by atoms with Crippen LogP contribution in [0.2, 0.25) is 0 Å². The van der Waals surface area contributed by atoms with Crippen LogP contribution in [0.5, 0.6) is 5.75 Å². The highest BCUT2D eigenvalue weighted by Crippen LogP contribution is 2.45. The van der Waals surface area contributed by atoms with Gasteiger partial charge in [0.15, 0.2) is 0 Å².